The first-order valence-electron chi connectivity index (χ1n) is 32.4. The largest absolute Gasteiger partial charge is 0.309 e. The van der Waals surface area contributed by atoms with E-state index >= 15 is 0 Å². The third-order valence-electron chi connectivity index (χ3n) is 18.7. The molecule has 98 heavy (non-hydrogen) atoms. The number of hydrogen-bond acceptors (Lipinski definition) is 5. The van der Waals surface area contributed by atoms with Gasteiger partial charge in [-0.1, -0.05) is 243 Å². The second-order valence-corrected chi connectivity index (χ2v) is 24.5. The van der Waals surface area contributed by atoms with Crippen LogP contribution in [0.15, 0.2) is 328 Å². The van der Waals surface area contributed by atoms with E-state index in [2.05, 4.69) is 245 Å². The molecule has 0 atom stereocenters. The number of nitrogens with zero attached hydrogens (tertiary/aromatic N) is 8. The van der Waals surface area contributed by atoms with Crippen molar-refractivity contribution >= 4 is 49.3 Å². The topological polar surface area (TPSA) is 100 Å². The van der Waals surface area contributed by atoms with Crippen LogP contribution in [0.3, 0.4) is 0 Å². The van der Waals surface area contributed by atoms with Gasteiger partial charge in [0.05, 0.1) is 63.3 Å². The van der Waals surface area contributed by atoms with Gasteiger partial charge in [-0.3, -0.25) is 0 Å². The van der Waals surface area contributed by atoms with Crippen LogP contribution in [0.2, 0.25) is 0 Å². The number of benzene rings is 14. The van der Waals surface area contributed by atoms with Crippen molar-refractivity contribution in [2.24, 2.45) is 0 Å². The van der Waals surface area contributed by atoms with E-state index in [0.717, 1.165) is 150 Å². The van der Waals surface area contributed by atoms with Crippen molar-refractivity contribution in [2.45, 2.75) is 0 Å². The Labute approximate surface area is 566 Å². The van der Waals surface area contributed by atoms with Gasteiger partial charge >= 0.3 is 0 Å². The predicted molar refractivity (Wildman–Crippen MR) is 399 cm³/mol. The molecule has 454 valence electrons. The van der Waals surface area contributed by atoms with Gasteiger partial charge in [-0.05, 0) is 152 Å². The fourth-order valence-corrected chi connectivity index (χ4v) is 13.8. The monoisotopic (exact) mass is 1250 g/mol. The molecule has 3 heterocycles. The van der Waals surface area contributed by atoms with Crippen LogP contribution in [0.25, 0.3) is 172 Å². The van der Waals surface area contributed by atoms with E-state index < -0.39 is 0 Å². The van der Waals surface area contributed by atoms with Crippen LogP contribution in [0, 0.1) is 29.2 Å². The zero-order valence-corrected chi connectivity index (χ0v) is 52.8. The van der Waals surface area contributed by atoms with E-state index in [4.69, 9.17) is 21.5 Å². The van der Waals surface area contributed by atoms with Gasteiger partial charge < -0.3 is 9.13 Å². The van der Waals surface area contributed by atoms with E-state index in [1.807, 2.05) is 109 Å². The summed E-state index contributed by atoms with van der Waals surface area (Å²) in [7, 11) is 0. The molecule has 0 aliphatic heterocycles. The summed E-state index contributed by atoms with van der Waals surface area (Å²) in [5.41, 5.74) is 24.5. The Balaban J connectivity index is 0.906. The number of rotatable bonds is 12. The SMILES string of the molecule is [C-]#[N+]c1ccc(-c2ccc(-c3nc(-c4ccc(-c5cccc(C#N)c5)cc4)nc(-c4ccc(-c5ccc(C#N)cc5)c(-n5c6ccc(-c7ccccc7)cc6c6cc(-c7ccccc7)ccc65)c4)n3)cc2-n2c3ccc(-c4ccccc4)cc3c3cc(-c4ccccc4)ccc32)cc1. The van der Waals surface area contributed by atoms with Crippen molar-refractivity contribution in [1.29, 1.82) is 10.5 Å². The molecule has 0 unspecified atom stereocenters. The summed E-state index contributed by atoms with van der Waals surface area (Å²) in [5.74, 6) is 1.39. The molecule has 0 aliphatic rings. The molecule has 0 fully saturated rings. The zero-order valence-electron chi connectivity index (χ0n) is 52.8. The minimum Gasteiger partial charge on any atom is -0.309 e. The average molecular weight is 1250 g/mol. The molecule has 0 spiro atoms. The van der Waals surface area contributed by atoms with E-state index in [1.54, 1.807) is 0 Å². The Kier molecular flexibility index (Phi) is 14.5. The third kappa shape index (κ3) is 10.6. The fraction of sp³-hybridized carbons (Fsp3) is 0. The molecule has 0 amide bonds. The van der Waals surface area contributed by atoms with E-state index in [1.165, 1.54) is 0 Å². The minimum absolute atomic E-state index is 0.459. The third-order valence-corrected chi connectivity index (χ3v) is 18.7. The smallest absolute Gasteiger partial charge is 0.187 e. The minimum atomic E-state index is 0.459. The van der Waals surface area contributed by atoms with Crippen LogP contribution in [-0.4, -0.2) is 24.1 Å². The maximum absolute atomic E-state index is 10.0. The van der Waals surface area contributed by atoms with E-state index in [-0.39, 0.29) is 0 Å². The second kappa shape index (κ2) is 24.6. The van der Waals surface area contributed by atoms with Gasteiger partial charge in [0.2, 0.25) is 0 Å². The normalized spacial score (nSPS) is 11.2. The second-order valence-electron chi connectivity index (χ2n) is 24.5. The molecule has 0 saturated heterocycles. The Bertz CT molecular complexity index is 5580. The van der Waals surface area contributed by atoms with Crippen LogP contribution in [0.4, 0.5) is 5.69 Å². The van der Waals surface area contributed by atoms with Crippen LogP contribution in [0.5, 0.6) is 0 Å². The molecule has 0 bridgehead atoms. The molecule has 14 aromatic carbocycles. The molecule has 0 saturated carbocycles. The lowest BCUT2D eigenvalue weighted by Crippen LogP contribution is -2.03. The van der Waals surface area contributed by atoms with Crippen LogP contribution >= 0.6 is 0 Å². The Hall–Kier alpha value is -13.8. The van der Waals surface area contributed by atoms with Crippen molar-refractivity contribution in [2.75, 3.05) is 0 Å². The molecule has 8 nitrogen and oxygen atoms in total. The Morgan fingerprint density at radius 2 is 0.561 bits per heavy atom. The summed E-state index contributed by atoms with van der Waals surface area (Å²) in [6.45, 7) is 7.89. The maximum Gasteiger partial charge on any atom is 0.187 e. The molecule has 17 rings (SSSR count). The van der Waals surface area contributed by atoms with Crippen molar-refractivity contribution < 1.29 is 0 Å². The summed E-state index contributed by atoms with van der Waals surface area (Å²) in [6.07, 6.45) is 0. The fourth-order valence-electron chi connectivity index (χ4n) is 13.8. The molecule has 0 radical (unpaired) electrons. The highest BCUT2D eigenvalue weighted by molar-refractivity contribution is 6.14. The van der Waals surface area contributed by atoms with Crippen molar-refractivity contribution in [3.8, 4) is 136 Å². The summed E-state index contributed by atoms with van der Waals surface area (Å²) in [6, 6.07) is 118. The number of aromatic nitrogens is 5. The molecular weight excluding hydrogens is 1190 g/mol. The Morgan fingerprint density at radius 1 is 0.255 bits per heavy atom. The van der Waals surface area contributed by atoms with Gasteiger partial charge in [0, 0.05) is 49.4 Å². The summed E-state index contributed by atoms with van der Waals surface area (Å²) in [5, 5.41) is 24.3. The lowest BCUT2D eigenvalue weighted by atomic mass is 9.99. The first kappa shape index (κ1) is 58.0. The van der Waals surface area contributed by atoms with Gasteiger partial charge in [0.25, 0.3) is 0 Å². The average Bonchev–Trinajstić information content (AvgIpc) is 1.58. The highest BCUT2D eigenvalue weighted by atomic mass is 15.0. The first-order valence-corrected chi connectivity index (χ1v) is 32.4. The molecular formula is C90H54N8. The van der Waals surface area contributed by atoms with Crippen LogP contribution in [-0.2, 0) is 0 Å². The molecule has 8 heteroatoms. The predicted octanol–water partition coefficient (Wildman–Crippen LogP) is 23.0. The van der Waals surface area contributed by atoms with Gasteiger partial charge in [-0.2, -0.15) is 10.5 Å². The molecule has 17 aromatic rings. The summed E-state index contributed by atoms with van der Waals surface area (Å²) in [4.78, 5) is 20.2. The van der Waals surface area contributed by atoms with Crippen molar-refractivity contribution in [3.05, 3.63) is 350 Å². The number of fused-ring (bicyclic) bond motifs is 6. The lowest BCUT2D eigenvalue weighted by Gasteiger charge is -2.18. The highest BCUT2D eigenvalue weighted by Gasteiger charge is 2.24. The number of nitriles is 2. The molecule has 3 aromatic heterocycles. The highest BCUT2D eigenvalue weighted by Crippen LogP contribution is 2.44. The van der Waals surface area contributed by atoms with Crippen molar-refractivity contribution in [3.63, 3.8) is 0 Å². The zero-order chi connectivity index (χ0) is 65.6. The van der Waals surface area contributed by atoms with Gasteiger partial charge in [0.1, 0.15) is 0 Å². The van der Waals surface area contributed by atoms with E-state index in [0.29, 0.717) is 34.3 Å². The first-order chi connectivity index (χ1) is 48.4. The summed E-state index contributed by atoms with van der Waals surface area (Å²) >= 11 is 0. The maximum atomic E-state index is 10.0. The van der Waals surface area contributed by atoms with Crippen LogP contribution < -0.4 is 0 Å². The van der Waals surface area contributed by atoms with Crippen molar-refractivity contribution in [1.82, 2.24) is 24.1 Å². The quantitative estimate of drug-likeness (QED) is 0.113. The number of hydrogen-bond donors (Lipinski definition) is 0. The van der Waals surface area contributed by atoms with Crippen LogP contribution in [0.1, 0.15) is 11.1 Å². The Morgan fingerprint density at radius 3 is 0.939 bits per heavy atom. The van der Waals surface area contributed by atoms with Gasteiger partial charge in [-0.25, -0.2) is 19.8 Å². The lowest BCUT2D eigenvalue weighted by molar-refractivity contribution is 1.07. The van der Waals surface area contributed by atoms with E-state index in [9.17, 15) is 10.5 Å². The standard InChI is InChI=1S/C90H54N8/c1-93-75-41-33-66(34-42-75)77-44-36-74(55-87(77)98-84-47-39-71(62-20-10-4-11-21-62)52-80(84)81-53-72(40-48-85(81)98)63-22-12-5-13-23-63)90-95-88(67-31-29-64(30-32-67)68-24-14-15-59(49-68)57-92)94-89(96-90)73-35-43-76(65-27-25-58(56-91)26-28-65)86(54-73)97-82-45-37-69(60-16-6-2-7-17-60)50-78(82)79-51-70(38-46-83(79)97)61-18-8-3-9-19-61/h2-55H. The molecule has 0 N–H and O–H groups in total. The van der Waals surface area contributed by atoms with Gasteiger partial charge in [-0.15, -0.1) is 0 Å². The summed E-state index contributed by atoms with van der Waals surface area (Å²) < 4.78 is 4.73. The van der Waals surface area contributed by atoms with Gasteiger partial charge in [0.15, 0.2) is 23.2 Å². The molecule has 0 aliphatic carbocycles.